The fraction of sp³-hybridized carbons (Fsp3) is 0.552. The van der Waals surface area contributed by atoms with Crippen LogP contribution >= 0.6 is 0 Å². The Bertz CT molecular complexity index is 1320. The van der Waals surface area contributed by atoms with Crippen molar-refractivity contribution in [3.63, 3.8) is 0 Å². The highest BCUT2D eigenvalue weighted by molar-refractivity contribution is 5.98. The summed E-state index contributed by atoms with van der Waals surface area (Å²) in [6.45, 7) is 17.2. The van der Waals surface area contributed by atoms with E-state index >= 15 is 0 Å². The van der Waals surface area contributed by atoms with Crippen molar-refractivity contribution >= 4 is 40.5 Å². The summed E-state index contributed by atoms with van der Waals surface area (Å²) in [5, 5.41) is 7.03. The number of anilines is 3. The summed E-state index contributed by atoms with van der Waals surface area (Å²) < 4.78 is 7.54. The van der Waals surface area contributed by atoms with Crippen LogP contribution in [0.2, 0.25) is 0 Å². The van der Waals surface area contributed by atoms with E-state index in [9.17, 15) is 9.59 Å². The van der Waals surface area contributed by atoms with Gasteiger partial charge < -0.3 is 29.7 Å². The lowest BCUT2D eigenvalue weighted by Gasteiger charge is -2.36. The highest BCUT2D eigenvalue weighted by Gasteiger charge is 2.29. The van der Waals surface area contributed by atoms with Crippen LogP contribution in [0, 0.1) is 5.92 Å². The molecule has 5 rings (SSSR count). The first kappa shape index (κ1) is 29.1. The fourth-order valence-electron chi connectivity index (χ4n) is 4.97. The molecule has 0 radical (unpaired) electrons. The lowest BCUT2D eigenvalue weighted by molar-refractivity contribution is 0.0240. The highest BCUT2D eigenvalue weighted by Crippen LogP contribution is 2.30. The monoisotopic (exact) mass is 550 g/mol. The SMILES string of the molecule is CC.CC(C)CC1CNC(=O)c2cc3cnc(Nc4ccc(N5CCN(C(=O)OC(C)(C)C)CC5)cn4)nc3n21. The van der Waals surface area contributed by atoms with Crippen molar-refractivity contribution in [1.82, 2.24) is 29.7 Å². The molecule has 2 aliphatic heterocycles. The third-order valence-corrected chi connectivity index (χ3v) is 6.70. The number of ether oxygens (including phenoxy) is 1. The molecule has 216 valence electrons. The zero-order valence-corrected chi connectivity index (χ0v) is 24.7. The van der Waals surface area contributed by atoms with Crippen LogP contribution in [0.25, 0.3) is 11.0 Å². The maximum Gasteiger partial charge on any atom is 0.410 e. The Morgan fingerprint density at radius 3 is 2.48 bits per heavy atom. The molecular formula is C29H42N8O3. The number of amides is 2. The number of pyridine rings is 1. The van der Waals surface area contributed by atoms with Crippen LogP contribution in [0.4, 0.5) is 22.2 Å². The lowest BCUT2D eigenvalue weighted by atomic mass is 10.0. The van der Waals surface area contributed by atoms with E-state index in [1.807, 2.05) is 59.0 Å². The second-order valence-electron chi connectivity index (χ2n) is 11.3. The number of nitrogens with one attached hydrogen (secondary N) is 2. The molecule has 0 bridgehead atoms. The molecule has 5 heterocycles. The molecule has 0 saturated carbocycles. The minimum atomic E-state index is -0.499. The predicted octanol–water partition coefficient (Wildman–Crippen LogP) is 4.98. The molecule has 2 amide bonds. The first-order valence-corrected chi connectivity index (χ1v) is 14.2. The van der Waals surface area contributed by atoms with E-state index in [1.165, 1.54) is 0 Å². The van der Waals surface area contributed by atoms with Gasteiger partial charge in [-0.1, -0.05) is 27.7 Å². The molecule has 1 unspecified atom stereocenters. The molecule has 2 N–H and O–H groups in total. The van der Waals surface area contributed by atoms with Gasteiger partial charge in [0.15, 0.2) is 0 Å². The second-order valence-corrected chi connectivity index (χ2v) is 11.3. The average Bonchev–Trinajstić information content (AvgIpc) is 3.31. The Morgan fingerprint density at radius 1 is 1.12 bits per heavy atom. The molecule has 3 aromatic rings. The Labute approximate surface area is 236 Å². The van der Waals surface area contributed by atoms with Crippen molar-refractivity contribution in [2.24, 2.45) is 5.92 Å². The van der Waals surface area contributed by atoms with Crippen LogP contribution in [-0.2, 0) is 4.74 Å². The van der Waals surface area contributed by atoms with Gasteiger partial charge >= 0.3 is 6.09 Å². The van der Waals surface area contributed by atoms with E-state index < -0.39 is 5.60 Å². The van der Waals surface area contributed by atoms with E-state index in [-0.39, 0.29) is 18.0 Å². The maximum absolute atomic E-state index is 12.5. The summed E-state index contributed by atoms with van der Waals surface area (Å²) in [5.41, 5.74) is 1.86. The molecule has 0 aromatic carbocycles. The Hall–Kier alpha value is -3.89. The van der Waals surface area contributed by atoms with E-state index in [0.717, 1.165) is 23.1 Å². The minimum Gasteiger partial charge on any atom is -0.444 e. The van der Waals surface area contributed by atoms with Gasteiger partial charge in [-0.3, -0.25) is 4.79 Å². The third-order valence-electron chi connectivity index (χ3n) is 6.70. The molecule has 0 spiro atoms. The van der Waals surface area contributed by atoms with Crippen molar-refractivity contribution in [2.75, 3.05) is 42.9 Å². The molecule has 0 aliphatic carbocycles. The zero-order valence-electron chi connectivity index (χ0n) is 24.7. The Kier molecular flexibility index (Phi) is 8.80. The van der Waals surface area contributed by atoms with Gasteiger partial charge in [-0.25, -0.2) is 14.8 Å². The quantitative estimate of drug-likeness (QED) is 0.457. The molecule has 1 atom stereocenters. The maximum atomic E-state index is 12.5. The number of hydrogen-bond acceptors (Lipinski definition) is 8. The molecule has 1 saturated heterocycles. The van der Waals surface area contributed by atoms with Crippen LogP contribution in [0.15, 0.2) is 30.6 Å². The number of nitrogens with zero attached hydrogens (tertiary/aromatic N) is 6. The molecule has 11 nitrogen and oxygen atoms in total. The summed E-state index contributed by atoms with van der Waals surface area (Å²) in [6, 6.07) is 5.90. The van der Waals surface area contributed by atoms with Crippen molar-refractivity contribution in [2.45, 2.75) is 66.5 Å². The molecule has 1 fully saturated rings. The van der Waals surface area contributed by atoms with Crippen molar-refractivity contribution in [3.05, 3.63) is 36.3 Å². The summed E-state index contributed by atoms with van der Waals surface area (Å²) in [6.07, 6.45) is 4.23. The van der Waals surface area contributed by atoms with Crippen molar-refractivity contribution in [1.29, 1.82) is 0 Å². The number of aromatic nitrogens is 4. The minimum absolute atomic E-state index is 0.0818. The van der Waals surface area contributed by atoms with Crippen molar-refractivity contribution in [3.8, 4) is 0 Å². The first-order chi connectivity index (χ1) is 19.1. The standard InChI is InChI=1S/C27H36N8O3.C2H6/c1-17(2)12-20-16-29-24(36)21-13-18-14-30-25(32-23(18)35(20)21)31-22-7-6-19(15-28-22)33-8-10-34(11-9-33)26(37)38-27(3,4)5;1-2/h6-7,13-15,17,20H,8-12,16H2,1-5H3,(H,29,36)(H,28,30,31,32);1-2H3. The molecule has 11 heteroatoms. The topological polar surface area (TPSA) is 118 Å². The van der Waals surface area contributed by atoms with Gasteiger partial charge in [0.1, 0.15) is 22.8 Å². The van der Waals surface area contributed by atoms with E-state index in [0.29, 0.717) is 56.1 Å². The smallest absolute Gasteiger partial charge is 0.410 e. The Balaban J connectivity index is 0.00000181. The van der Waals surface area contributed by atoms with Crippen LogP contribution < -0.4 is 15.5 Å². The normalized spacial score (nSPS) is 17.2. The number of carbonyl (C=O) groups is 2. The summed E-state index contributed by atoms with van der Waals surface area (Å²) in [4.78, 5) is 42.5. The van der Waals surface area contributed by atoms with E-state index in [4.69, 9.17) is 9.72 Å². The molecule has 3 aromatic heterocycles. The zero-order chi connectivity index (χ0) is 29.0. The van der Waals surface area contributed by atoms with Gasteiger partial charge in [0.2, 0.25) is 5.95 Å². The predicted molar refractivity (Wildman–Crippen MR) is 157 cm³/mol. The van der Waals surface area contributed by atoms with Gasteiger partial charge in [-0.2, -0.15) is 4.98 Å². The van der Waals surface area contributed by atoms with Gasteiger partial charge in [0.25, 0.3) is 5.91 Å². The van der Waals surface area contributed by atoms with Crippen LogP contribution in [0.5, 0.6) is 0 Å². The van der Waals surface area contributed by atoms with Crippen LogP contribution in [-0.4, -0.2) is 74.7 Å². The van der Waals surface area contributed by atoms with Crippen LogP contribution in [0.3, 0.4) is 0 Å². The van der Waals surface area contributed by atoms with Gasteiger partial charge in [0.05, 0.1) is 17.9 Å². The molecule has 2 aliphatic rings. The molecular weight excluding hydrogens is 508 g/mol. The van der Waals surface area contributed by atoms with Gasteiger partial charge in [0, 0.05) is 44.3 Å². The summed E-state index contributed by atoms with van der Waals surface area (Å²) >= 11 is 0. The van der Waals surface area contributed by atoms with E-state index in [2.05, 4.69) is 43.9 Å². The fourth-order valence-corrected chi connectivity index (χ4v) is 4.97. The summed E-state index contributed by atoms with van der Waals surface area (Å²) in [7, 11) is 0. The van der Waals surface area contributed by atoms with Crippen molar-refractivity contribution < 1.29 is 14.3 Å². The average molecular weight is 551 g/mol. The highest BCUT2D eigenvalue weighted by atomic mass is 16.6. The summed E-state index contributed by atoms with van der Waals surface area (Å²) in [5.74, 6) is 1.46. The van der Waals surface area contributed by atoms with Gasteiger partial charge in [-0.05, 0) is 51.3 Å². The number of hydrogen-bond donors (Lipinski definition) is 2. The number of rotatable bonds is 5. The van der Waals surface area contributed by atoms with Crippen LogP contribution in [0.1, 0.15) is 71.4 Å². The largest absolute Gasteiger partial charge is 0.444 e. The number of fused-ring (bicyclic) bond motifs is 3. The number of piperazine rings is 1. The number of carbonyl (C=O) groups excluding carboxylic acids is 2. The van der Waals surface area contributed by atoms with Gasteiger partial charge in [-0.15, -0.1) is 0 Å². The second kappa shape index (κ2) is 12.1. The lowest BCUT2D eigenvalue weighted by Crippen LogP contribution is -2.50. The van der Waals surface area contributed by atoms with E-state index in [1.54, 1.807) is 11.1 Å². The third kappa shape index (κ3) is 6.63. The first-order valence-electron chi connectivity index (χ1n) is 14.2. The molecule has 40 heavy (non-hydrogen) atoms. The Morgan fingerprint density at radius 2 is 1.85 bits per heavy atom.